The molecule has 0 aliphatic carbocycles. The van der Waals surface area contributed by atoms with E-state index < -0.39 is 0 Å². The Morgan fingerprint density at radius 3 is 2.94 bits per heavy atom. The molecule has 0 radical (unpaired) electrons. The van der Waals surface area contributed by atoms with E-state index in [2.05, 4.69) is 6.07 Å². The van der Waals surface area contributed by atoms with E-state index >= 15 is 0 Å². The summed E-state index contributed by atoms with van der Waals surface area (Å²) in [5.41, 5.74) is 0. The first-order chi connectivity index (χ1) is 7.69. The zero-order valence-electron chi connectivity index (χ0n) is 10.1. The number of hydrogen-bond acceptors (Lipinski definition) is 3. The van der Waals surface area contributed by atoms with Crippen LogP contribution in [0.2, 0.25) is 0 Å². The Balaban J connectivity index is 2.51. The molecular formula is C12H20N2O2. The van der Waals surface area contributed by atoms with Crippen molar-refractivity contribution in [3.05, 3.63) is 0 Å². The number of hydrogen-bond donors (Lipinski definition) is 0. The third kappa shape index (κ3) is 3.49. The van der Waals surface area contributed by atoms with Gasteiger partial charge in [-0.3, -0.25) is 4.79 Å². The summed E-state index contributed by atoms with van der Waals surface area (Å²) in [5, 5.41) is 8.76. The van der Waals surface area contributed by atoms with Crippen LogP contribution < -0.4 is 0 Å². The summed E-state index contributed by atoms with van der Waals surface area (Å²) >= 11 is 0. The molecule has 1 aliphatic heterocycles. The third-order valence-electron chi connectivity index (χ3n) is 2.92. The lowest BCUT2D eigenvalue weighted by Crippen LogP contribution is -2.41. The van der Waals surface area contributed by atoms with Crippen LogP contribution in [-0.4, -0.2) is 37.1 Å². The van der Waals surface area contributed by atoms with Gasteiger partial charge in [0.15, 0.2) is 0 Å². The van der Waals surface area contributed by atoms with Gasteiger partial charge in [-0.15, -0.1) is 0 Å². The lowest BCUT2D eigenvalue weighted by molar-refractivity contribution is -0.139. The fourth-order valence-corrected chi connectivity index (χ4v) is 1.94. The zero-order chi connectivity index (χ0) is 12.0. The standard InChI is InChI=1S/C12H20N2O2/c1-3-14(8-10(2)7-13)12(15)11-5-4-6-16-9-11/h10-11H,3-6,8-9H2,1-2H3. The number of carbonyl (C=O) groups is 1. The highest BCUT2D eigenvalue weighted by Crippen LogP contribution is 2.17. The van der Waals surface area contributed by atoms with E-state index in [0.29, 0.717) is 19.7 Å². The second kappa shape index (κ2) is 6.49. The number of rotatable bonds is 4. The van der Waals surface area contributed by atoms with Crippen LogP contribution in [0.15, 0.2) is 0 Å². The maximum atomic E-state index is 12.1. The summed E-state index contributed by atoms with van der Waals surface area (Å²) < 4.78 is 5.32. The minimum absolute atomic E-state index is 0.000377. The smallest absolute Gasteiger partial charge is 0.228 e. The number of amides is 1. The maximum absolute atomic E-state index is 12.1. The van der Waals surface area contributed by atoms with Crippen molar-refractivity contribution in [1.82, 2.24) is 4.90 Å². The molecule has 1 rings (SSSR count). The molecule has 1 aliphatic rings. The Morgan fingerprint density at radius 1 is 1.69 bits per heavy atom. The Labute approximate surface area is 97.2 Å². The number of ether oxygens (including phenoxy) is 1. The largest absolute Gasteiger partial charge is 0.381 e. The monoisotopic (exact) mass is 224 g/mol. The van der Waals surface area contributed by atoms with Crippen LogP contribution >= 0.6 is 0 Å². The molecule has 0 spiro atoms. The van der Waals surface area contributed by atoms with Crippen molar-refractivity contribution in [3.8, 4) is 6.07 Å². The molecule has 1 fully saturated rings. The molecule has 90 valence electrons. The molecular weight excluding hydrogens is 204 g/mol. The molecule has 1 saturated heterocycles. The number of nitrogens with zero attached hydrogens (tertiary/aromatic N) is 2. The van der Waals surface area contributed by atoms with Crippen molar-refractivity contribution in [2.45, 2.75) is 26.7 Å². The third-order valence-corrected chi connectivity index (χ3v) is 2.92. The normalized spacial score (nSPS) is 22.2. The van der Waals surface area contributed by atoms with Crippen LogP contribution in [0.1, 0.15) is 26.7 Å². The molecule has 0 aromatic carbocycles. The molecule has 0 aromatic rings. The first kappa shape index (κ1) is 13.0. The highest BCUT2D eigenvalue weighted by molar-refractivity contribution is 5.79. The van der Waals surface area contributed by atoms with Gasteiger partial charge < -0.3 is 9.64 Å². The van der Waals surface area contributed by atoms with Gasteiger partial charge in [0.2, 0.25) is 5.91 Å². The molecule has 0 bridgehead atoms. The highest BCUT2D eigenvalue weighted by atomic mass is 16.5. The molecule has 0 N–H and O–H groups in total. The van der Waals surface area contributed by atoms with Crippen LogP contribution in [0.25, 0.3) is 0 Å². The molecule has 0 saturated carbocycles. The molecule has 2 atom stereocenters. The van der Waals surface area contributed by atoms with Gasteiger partial charge in [-0.05, 0) is 26.7 Å². The summed E-state index contributed by atoms with van der Waals surface area (Å²) in [4.78, 5) is 13.9. The van der Waals surface area contributed by atoms with Crippen molar-refractivity contribution in [1.29, 1.82) is 5.26 Å². The Kier molecular flexibility index (Phi) is 5.27. The fraction of sp³-hybridized carbons (Fsp3) is 0.833. The van der Waals surface area contributed by atoms with Gasteiger partial charge in [0, 0.05) is 19.7 Å². The first-order valence-corrected chi connectivity index (χ1v) is 5.95. The Hall–Kier alpha value is -1.08. The van der Waals surface area contributed by atoms with Gasteiger partial charge in [-0.25, -0.2) is 0 Å². The summed E-state index contributed by atoms with van der Waals surface area (Å²) in [5.74, 6) is 0.0392. The average Bonchev–Trinajstić information content (AvgIpc) is 2.35. The van der Waals surface area contributed by atoms with Gasteiger partial charge >= 0.3 is 0 Å². The van der Waals surface area contributed by atoms with Gasteiger partial charge in [0.05, 0.1) is 24.5 Å². The van der Waals surface area contributed by atoms with Crippen molar-refractivity contribution in [3.63, 3.8) is 0 Å². The van der Waals surface area contributed by atoms with Gasteiger partial charge in [0.25, 0.3) is 0 Å². The van der Waals surface area contributed by atoms with E-state index in [0.717, 1.165) is 19.4 Å². The summed E-state index contributed by atoms with van der Waals surface area (Å²) in [7, 11) is 0. The second-order valence-corrected chi connectivity index (χ2v) is 4.32. The van der Waals surface area contributed by atoms with Crippen LogP contribution in [0.3, 0.4) is 0 Å². The van der Waals surface area contributed by atoms with E-state index in [4.69, 9.17) is 10.00 Å². The fourth-order valence-electron chi connectivity index (χ4n) is 1.94. The minimum atomic E-state index is -0.103. The Bertz CT molecular complexity index is 267. The van der Waals surface area contributed by atoms with Crippen LogP contribution in [0.5, 0.6) is 0 Å². The van der Waals surface area contributed by atoms with Crippen LogP contribution in [0, 0.1) is 23.2 Å². The first-order valence-electron chi connectivity index (χ1n) is 5.95. The van der Waals surface area contributed by atoms with Crippen molar-refractivity contribution in [2.24, 2.45) is 11.8 Å². The molecule has 0 aromatic heterocycles. The average molecular weight is 224 g/mol. The van der Waals surface area contributed by atoms with Crippen LogP contribution in [-0.2, 0) is 9.53 Å². The molecule has 16 heavy (non-hydrogen) atoms. The van der Waals surface area contributed by atoms with E-state index in [1.54, 1.807) is 4.90 Å². The van der Waals surface area contributed by atoms with Gasteiger partial charge in [-0.1, -0.05) is 0 Å². The van der Waals surface area contributed by atoms with Crippen molar-refractivity contribution in [2.75, 3.05) is 26.3 Å². The van der Waals surface area contributed by atoms with E-state index in [1.807, 2.05) is 13.8 Å². The molecule has 2 unspecified atom stereocenters. The number of nitriles is 1. The predicted octanol–water partition coefficient (Wildman–Crippen LogP) is 1.42. The topological polar surface area (TPSA) is 53.3 Å². The van der Waals surface area contributed by atoms with Gasteiger partial charge in [0.1, 0.15) is 0 Å². The van der Waals surface area contributed by atoms with Gasteiger partial charge in [-0.2, -0.15) is 5.26 Å². The minimum Gasteiger partial charge on any atom is -0.381 e. The Morgan fingerprint density at radius 2 is 2.44 bits per heavy atom. The molecule has 1 heterocycles. The predicted molar refractivity (Wildman–Crippen MR) is 60.6 cm³/mol. The molecule has 4 nitrogen and oxygen atoms in total. The molecule has 1 amide bonds. The maximum Gasteiger partial charge on any atom is 0.228 e. The van der Waals surface area contributed by atoms with Crippen LogP contribution in [0.4, 0.5) is 0 Å². The van der Waals surface area contributed by atoms with E-state index in [9.17, 15) is 4.79 Å². The van der Waals surface area contributed by atoms with Crippen molar-refractivity contribution >= 4 is 5.91 Å². The summed E-state index contributed by atoms with van der Waals surface area (Å²) in [6, 6.07) is 2.16. The SMILES string of the molecule is CCN(CC(C)C#N)C(=O)C1CCCOC1. The number of carbonyl (C=O) groups excluding carboxylic acids is 1. The molecule has 4 heteroatoms. The highest BCUT2D eigenvalue weighted by Gasteiger charge is 2.26. The van der Waals surface area contributed by atoms with E-state index in [1.165, 1.54) is 0 Å². The quantitative estimate of drug-likeness (QED) is 0.725. The summed E-state index contributed by atoms with van der Waals surface area (Å²) in [6.07, 6.45) is 1.87. The van der Waals surface area contributed by atoms with Crippen molar-refractivity contribution < 1.29 is 9.53 Å². The van der Waals surface area contributed by atoms with E-state index in [-0.39, 0.29) is 17.7 Å². The lowest BCUT2D eigenvalue weighted by Gasteiger charge is -2.29. The second-order valence-electron chi connectivity index (χ2n) is 4.32. The lowest BCUT2D eigenvalue weighted by atomic mass is 10.00. The summed E-state index contributed by atoms with van der Waals surface area (Å²) in [6.45, 7) is 6.30. The zero-order valence-corrected chi connectivity index (χ0v) is 10.1.